The highest BCUT2D eigenvalue weighted by Crippen LogP contribution is 2.31. The highest BCUT2D eigenvalue weighted by atomic mass is 32.1. The van der Waals surface area contributed by atoms with Gasteiger partial charge in [0, 0.05) is 16.9 Å². The maximum absolute atomic E-state index is 5.65. The van der Waals surface area contributed by atoms with Gasteiger partial charge in [-0.25, -0.2) is 4.99 Å². The number of nitrogens with zero attached hydrogens (tertiary/aromatic N) is 1. The summed E-state index contributed by atoms with van der Waals surface area (Å²) < 4.78 is 0. The zero-order chi connectivity index (χ0) is 12.3. The summed E-state index contributed by atoms with van der Waals surface area (Å²) in [6, 6.07) is 2.22. The van der Waals surface area contributed by atoms with Gasteiger partial charge >= 0.3 is 0 Å². The molecule has 0 unspecified atom stereocenters. The number of thiophene rings is 1. The maximum Gasteiger partial charge on any atom is 0.194 e. The third-order valence-electron chi connectivity index (χ3n) is 2.55. The summed E-state index contributed by atoms with van der Waals surface area (Å²) in [5.41, 5.74) is 8.26. The predicted molar refractivity (Wildman–Crippen MR) is 75.5 cm³/mol. The monoisotopic (exact) mass is 247 g/mol. The van der Waals surface area contributed by atoms with E-state index in [0.717, 1.165) is 11.4 Å². The lowest BCUT2D eigenvalue weighted by molar-refractivity contribution is 1.05. The first kappa shape index (κ1) is 11.9. The molecule has 90 valence electrons. The van der Waals surface area contributed by atoms with Gasteiger partial charge < -0.3 is 11.1 Å². The van der Waals surface area contributed by atoms with Crippen molar-refractivity contribution < 1.29 is 0 Å². The van der Waals surface area contributed by atoms with Gasteiger partial charge in [-0.05, 0) is 19.9 Å². The Morgan fingerprint density at radius 2 is 2.47 bits per heavy atom. The van der Waals surface area contributed by atoms with Crippen LogP contribution in [0.5, 0.6) is 0 Å². The summed E-state index contributed by atoms with van der Waals surface area (Å²) in [6.45, 7) is 4.87. The molecule has 0 amide bonds. The molecule has 0 spiro atoms. The fraction of sp³-hybridized carbons (Fsp3) is 0.308. The highest BCUT2D eigenvalue weighted by Gasteiger charge is 2.13. The Hall–Kier alpha value is -1.55. The first-order chi connectivity index (χ1) is 8.19. The molecule has 1 aliphatic rings. The van der Waals surface area contributed by atoms with Gasteiger partial charge in [0.05, 0.1) is 6.54 Å². The van der Waals surface area contributed by atoms with Crippen molar-refractivity contribution in [3.63, 3.8) is 0 Å². The van der Waals surface area contributed by atoms with Crippen molar-refractivity contribution in [3.8, 4) is 0 Å². The number of nitrogens with one attached hydrogen (secondary N) is 1. The molecule has 1 aliphatic heterocycles. The lowest BCUT2D eigenvalue weighted by Gasteiger charge is -2.09. The van der Waals surface area contributed by atoms with Crippen LogP contribution in [0.2, 0.25) is 0 Å². The summed E-state index contributed by atoms with van der Waals surface area (Å²) >= 11 is 1.76. The van der Waals surface area contributed by atoms with Crippen LogP contribution in [0.25, 0.3) is 0 Å². The van der Waals surface area contributed by atoms with Crippen LogP contribution in [0.1, 0.15) is 24.3 Å². The molecular formula is C13H17N3S. The summed E-state index contributed by atoms with van der Waals surface area (Å²) in [7, 11) is 0. The standard InChI is InChI=1S/C13H17N3S/c1-3-4-5-9(2)6-11-7-10-8-15-13(14)16-12(10)17-11/h3-5,7H,6,8H2,1-2H3,(H3,14,15,16)/b4-3-,9-5+. The number of anilines is 1. The Morgan fingerprint density at radius 3 is 3.24 bits per heavy atom. The van der Waals surface area contributed by atoms with Crippen molar-refractivity contribution in [2.45, 2.75) is 26.8 Å². The van der Waals surface area contributed by atoms with Crippen LogP contribution in [0, 0.1) is 0 Å². The third kappa shape index (κ3) is 2.97. The maximum atomic E-state index is 5.65. The minimum atomic E-state index is 0.520. The number of guanidine groups is 1. The van der Waals surface area contributed by atoms with Gasteiger partial charge in [0.15, 0.2) is 5.96 Å². The van der Waals surface area contributed by atoms with Crippen LogP contribution in [-0.4, -0.2) is 5.96 Å². The fourth-order valence-electron chi connectivity index (χ4n) is 1.72. The molecular weight excluding hydrogens is 230 g/mol. The van der Waals surface area contributed by atoms with Crippen LogP contribution in [0.15, 0.2) is 34.9 Å². The predicted octanol–water partition coefficient (Wildman–Crippen LogP) is 3.05. The topological polar surface area (TPSA) is 50.4 Å². The molecule has 0 saturated carbocycles. The van der Waals surface area contributed by atoms with Crippen molar-refractivity contribution in [3.05, 3.63) is 40.3 Å². The Morgan fingerprint density at radius 1 is 1.65 bits per heavy atom. The van der Waals surface area contributed by atoms with Gasteiger partial charge in [-0.15, -0.1) is 11.3 Å². The second-order valence-electron chi connectivity index (χ2n) is 4.11. The molecule has 0 aromatic carbocycles. The van der Waals surface area contributed by atoms with Gasteiger partial charge in [0.2, 0.25) is 0 Å². The molecule has 0 bridgehead atoms. The smallest absolute Gasteiger partial charge is 0.194 e. The molecule has 0 fully saturated rings. The number of hydrogen-bond donors (Lipinski definition) is 2. The van der Waals surface area contributed by atoms with Crippen LogP contribution >= 0.6 is 11.3 Å². The first-order valence-electron chi connectivity index (χ1n) is 5.66. The Bertz CT molecular complexity index is 495. The second-order valence-corrected chi connectivity index (χ2v) is 5.25. The van der Waals surface area contributed by atoms with E-state index in [-0.39, 0.29) is 0 Å². The zero-order valence-electron chi connectivity index (χ0n) is 10.2. The summed E-state index contributed by atoms with van der Waals surface area (Å²) in [4.78, 5) is 5.53. The molecule has 1 aromatic rings. The minimum Gasteiger partial charge on any atom is -0.370 e. The lowest BCUT2D eigenvalue weighted by atomic mass is 10.1. The number of aliphatic imine (C=N–C) groups is 1. The van der Waals surface area contributed by atoms with Gasteiger partial charge in [-0.3, -0.25) is 0 Å². The largest absolute Gasteiger partial charge is 0.370 e. The van der Waals surface area contributed by atoms with Crippen molar-refractivity contribution in [2.24, 2.45) is 10.7 Å². The number of rotatable bonds is 3. The molecule has 0 saturated heterocycles. The summed E-state index contributed by atoms with van der Waals surface area (Å²) in [5, 5.41) is 4.25. The van der Waals surface area contributed by atoms with E-state index < -0.39 is 0 Å². The average molecular weight is 247 g/mol. The van der Waals surface area contributed by atoms with E-state index in [1.165, 1.54) is 16.0 Å². The van der Waals surface area contributed by atoms with Gasteiger partial charge in [-0.2, -0.15) is 0 Å². The number of nitrogens with two attached hydrogens (primary N) is 1. The SMILES string of the molecule is C/C=C\C=C(/C)Cc1cc2c(s1)NC(N)=NC2. The molecule has 0 atom stereocenters. The third-order valence-corrected chi connectivity index (χ3v) is 3.64. The van der Waals surface area contributed by atoms with Crippen molar-refractivity contribution in [1.29, 1.82) is 0 Å². The Kier molecular flexibility index (Phi) is 3.64. The molecule has 1 aromatic heterocycles. The molecule has 3 N–H and O–H groups in total. The molecule has 0 aliphatic carbocycles. The fourth-order valence-corrected chi connectivity index (χ4v) is 2.89. The molecule has 4 heteroatoms. The zero-order valence-corrected chi connectivity index (χ0v) is 11.0. The van der Waals surface area contributed by atoms with Crippen LogP contribution in [0.4, 0.5) is 5.00 Å². The molecule has 3 nitrogen and oxygen atoms in total. The van der Waals surface area contributed by atoms with Crippen molar-refractivity contribution >= 4 is 22.3 Å². The van der Waals surface area contributed by atoms with E-state index in [1.807, 2.05) is 13.0 Å². The molecule has 0 radical (unpaired) electrons. The lowest BCUT2D eigenvalue weighted by Crippen LogP contribution is -2.24. The van der Waals surface area contributed by atoms with Crippen molar-refractivity contribution in [2.75, 3.05) is 5.32 Å². The number of allylic oxidation sites excluding steroid dienone is 4. The van der Waals surface area contributed by atoms with E-state index in [0.29, 0.717) is 12.5 Å². The quantitative estimate of drug-likeness (QED) is 0.807. The van der Waals surface area contributed by atoms with E-state index in [4.69, 9.17) is 5.73 Å². The normalized spacial score (nSPS) is 15.6. The molecule has 2 rings (SSSR count). The number of fused-ring (bicyclic) bond motifs is 1. The number of hydrogen-bond acceptors (Lipinski definition) is 4. The van der Waals surface area contributed by atoms with E-state index >= 15 is 0 Å². The summed E-state index contributed by atoms with van der Waals surface area (Å²) in [5.74, 6) is 0.520. The Labute approximate surface area is 106 Å². The molecule has 17 heavy (non-hydrogen) atoms. The van der Waals surface area contributed by atoms with E-state index in [9.17, 15) is 0 Å². The summed E-state index contributed by atoms with van der Waals surface area (Å²) in [6.07, 6.45) is 7.25. The van der Waals surface area contributed by atoms with Crippen LogP contribution in [-0.2, 0) is 13.0 Å². The van der Waals surface area contributed by atoms with E-state index in [2.05, 4.69) is 35.5 Å². The Balaban J connectivity index is 2.10. The minimum absolute atomic E-state index is 0.520. The van der Waals surface area contributed by atoms with Crippen LogP contribution < -0.4 is 11.1 Å². The van der Waals surface area contributed by atoms with Gasteiger partial charge in [0.25, 0.3) is 0 Å². The van der Waals surface area contributed by atoms with E-state index in [1.54, 1.807) is 11.3 Å². The first-order valence-corrected chi connectivity index (χ1v) is 6.47. The average Bonchev–Trinajstić information content (AvgIpc) is 2.67. The van der Waals surface area contributed by atoms with Crippen molar-refractivity contribution in [1.82, 2.24) is 0 Å². The van der Waals surface area contributed by atoms with Crippen LogP contribution in [0.3, 0.4) is 0 Å². The van der Waals surface area contributed by atoms with Gasteiger partial charge in [-0.1, -0.05) is 23.8 Å². The van der Waals surface area contributed by atoms with Gasteiger partial charge in [0.1, 0.15) is 5.00 Å². The highest BCUT2D eigenvalue weighted by molar-refractivity contribution is 7.16. The molecule has 2 heterocycles. The second kappa shape index (κ2) is 5.19.